The van der Waals surface area contributed by atoms with Gasteiger partial charge in [-0.05, 0) is 18.4 Å². The van der Waals surface area contributed by atoms with Gasteiger partial charge in [0.2, 0.25) is 5.88 Å². The van der Waals surface area contributed by atoms with Crippen molar-refractivity contribution < 1.29 is 9.94 Å². The number of hydrogen-bond acceptors (Lipinski definition) is 4. The standard InChI is InChI=1S/C11H17N3O2/c1-8(2)6-7-16-10-5-3-4-9(13-10)11(12)14-15/h3-5,8,15H,6-7H2,1-2H3,(H2,12,14). The molecule has 0 unspecified atom stereocenters. The number of hydrogen-bond donors (Lipinski definition) is 2. The van der Waals surface area contributed by atoms with E-state index in [1.807, 2.05) is 0 Å². The Kier molecular flexibility index (Phi) is 4.57. The third-order valence-corrected chi connectivity index (χ3v) is 2.04. The van der Waals surface area contributed by atoms with Crippen LogP contribution >= 0.6 is 0 Å². The van der Waals surface area contributed by atoms with Crippen molar-refractivity contribution in [3.8, 4) is 5.88 Å². The third kappa shape index (κ3) is 3.76. The van der Waals surface area contributed by atoms with Gasteiger partial charge in [-0.15, -0.1) is 0 Å². The lowest BCUT2D eigenvalue weighted by molar-refractivity contribution is 0.279. The van der Waals surface area contributed by atoms with Crippen molar-refractivity contribution in [2.45, 2.75) is 20.3 Å². The fourth-order valence-electron chi connectivity index (χ4n) is 1.09. The predicted octanol–water partition coefficient (Wildman–Crippen LogP) is 1.60. The van der Waals surface area contributed by atoms with Crippen LogP contribution in [0.1, 0.15) is 26.0 Å². The summed E-state index contributed by atoms with van der Waals surface area (Å²) in [7, 11) is 0. The molecule has 3 N–H and O–H groups in total. The van der Waals surface area contributed by atoms with Gasteiger partial charge in [0, 0.05) is 6.07 Å². The van der Waals surface area contributed by atoms with Gasteiger partial charge in [-0.25, -0.2) is 4.98 Å². The Morgan fingerprint density at radius 3 is 2.94 bits per heavy atom. The second kappa shape index (κ2) is 5.95. The lowest BCUT2D eigenvalue weighted by Gasteiger charge is -2.07. The molecular formula is C11H17N3O2. The minimum absolute atomic E-state index is 0.0192. The van der Waals surface area contributed by atoms with Crippen molar-refractivity contribution in [3.63, 3.8) is 0 Å². The van der Waals surface area contributed by atoms with E-state index in [2.05, 4.69) is 24.0 Å². The number of oxime groups is 1. The highest BCUT2D eigenvalue weighted by Crippen LogP contribution is 2.09. The molecule has 16 heavy (non-hydrogen) atoms. The van der Waals surface area contributed by atoms with Crippen LogP contribution in [-0.2, 0) is 0 Å². The van der Waals surface area contributed by atoms with Crippen LogP contribution in [0.5, 0.6) is 5.88 Å². The smallest absolute Gasteiger partial charge is 0.213 e. The van der Waals surface area contributed by atoms with Gasteiger partial charge in [0.25, 0.3) is 0 Å². The molecule has 88 valence electrons. The number of aromatic nitrogens is 1. The van der Waals surface area contributed by atoms with Gasteiger partial charge < -0.3 is 15.7 Å². The highest BCUT2D eigenvalue weighted by Gasteiger charge is 2.03. The van der Waals surface area contributed by atoms with Crippen molar-refractivity contribution in [3.05, 3.63) is 23.9 Å². The molecule has 0 saturated heterocycles. The number of ether oxygens (including phenoxy) is 1. The maximum Gasteiger partial charge on any atom is 0.213 e. The molecule has 1 heterocycles. The number of rotatable bonds is 5. The van der Waals surface area contributed by atoms with E-state index in [-0.39, 0.29) is 5.84 Å². The van der Waals surface area contributed by atoms with Crippen molar-refractivity contribution >= 4 is 5.84 Å². The maximum atomic E-state index is 8.51. The minimum Gasteiger partial charge on any atom is -0.478 e. The largest absolute Gasteiger partial charge is 0.478 e. The summed E-state index contributed by atoms with van der Waals surface area (Å²) >= 11 is 0. The molecule has 0 aliphatic carbocycles. The van der Waals surface area contributed by atoms with Crippen LogP contribution in [-0.4, -0.2) is 22.6 Å². The molecule has 0 spiro atoms. The summed E-state index contributed by atoms with van der Waals surface area (Å²) in [6, 6.07) is 5.16. The van der Waals surface area contributed by atoms with Crippen molar-refractivity contribution in [2.24, 2.45) is 16.8 Å². The van der Waals surface area contributed by atoms with E-state index in [0.717, 1.165) is 6.42 Å². The predicted molar refractivity (Wildman–Crippen MR) is 61.7 cm³/mol. The Morgan fingerprint density at radius 2 is 2.31 bits per heavy atom. The molecule has 0 saturated carbocycles. The zero-order valence-corrected chi connectivity index (χ0v) is 9.55. The van der Waals surface area contributed by atoms with E-state index in [0.29, 0.717) is 24.1 Å². The molecule has 5 nitrogen and oxygen atoms in total. The summed E-state index contributed by atoms with van der Waals surface area (Å²) in [6.07, 6.45) is 0.968. The number of nitrogens with two attached hydrogens (primary N) is 1. The average molecular weight is 223 g/mol. The van der Waals surface area contributed by atoms with E-state index in [1.165, 1.54) is 0 Å². The van der Waals surface area contributed by atoms with Gasteiger partial charge in [0.05, 0.1) is 6.61 Å². The Hall–Kier alpha value is -1.78. The maximum absolute atomic E-state index is 8.51. The van der Waals surface area contributed by atoms with Gasteiger partial charge >= 0.3 is 0 Å². The van der Waals surface area contributed by atoms with Gasteiger partial charge in [0.1, 0.15) is 5.69 Å². The van der Waals surface area contributed by atoms with Crippen LogP contribution in [0.25, 0.3) is 0 Å². The zero-order valence-electron chi connectivity index (χ0n) is 9.55. The van der Waals surface area contributed by atoms with E-state index < -0.39 is 0 Å². The summed E-state index contributed by atoms with van der Waals surface area (Å²) in [5.41, 5.74) is 5.83. The van der Waals surface area contributed by atoms with Crippen LogP contribution in [0.4, 0.5) is 0 Å². The van der Waals surface area contributed by atoms with Gasteiger partial charge in [0.15, 0.2) is 5.84 Å². The fourth-order valence-corrected chi connectivity index (χ4v) is 1.09. The number of nitrogens with zero attached hydrogens (tertiary/aromatic N) is 2. The van der Waals surface area contributed by atoms with Crippen molar-refractivity contribution in [1.29, 1.82) is 0 Å². The summed E-state index contributed by atoms with van der Waals surface area (Å²) < 4.78 is 5.45. The third-order valence-electron chi connectivity index (χ3n) is 2.04. The summed E-state index contributed by atoms with van der Waals surface area (Å²) in [5.74, 6) is 1.06. The molecule has 0 bridgehead atoms. The normalized spacial score (nSPS) is 11.8. The molecule has 1 aromatic heterocycles. The van der Waals surface area contributed by atoms with E-state index in [9.17, 15) is 0 Å². The first-order chi connectivity index (χ1) is 7.63. The van der Waals surface area contributed by atoms with Gasteiger partial charge in [-0.3, -0.25) is 0 Å². The summed E-state index contributed by atoms with van der Waals surface area (Å²) in [5, 5.41) is 11.4. The van der Waals surface area contributed by atoms with Crippen molar-refractivity contribution in [2.75, 3.05) is 6.61 Å². The summed E-state index contributed by atoms with van der Waals surface area (Å²) in [4.78, 5) is 4.10. The Labute approximate surface area is 94.9 Å². The Balaban J connectivity index is 2.61. The van der Waals surface area contributed by atoms with E-state index >= 15 is 0 Å². The molecule has 0 aliphatic rings. The summed E-state index contributed by atoms with van der Waals surface area (Å²) in [6.45, 7) is 4.87. The first-order valence-corrected chi connectivity index (χ1v) is 5.21. The first kappa shape index (κ1) is 12.3. The molecule has 1 rings (SSSR count). The Bertz CT molecular complexity index is 364. The van der Waals surface area contributed by atoms with E-state index in [1.54, 1.807) is 18.2 Å². The second-order valence-corrected chi connectivity index (χ2v) is 3.88. The average Bonchev–Trinajstić information content (AvgIpc) is 2.28. The van der Waals surface area contributed by atoms with Gasteiger partial charge in [-0.2, -0.15) is 0 Å². The van der Waals surface area contributed by atoms with Crippen LogP contribution < -0.4 is 10.5 Å². The van der Waals surface area contributed by atoms with Crippen molar-refractivity contribution in [1.82, 2.24) is 4.98 Å². The molecule has 0 radical (unpaired) electrons. The zero-order chi connectivity index (χ0) is 12.0. The molecule has 0 atom stereocenters. The second-order valence-electron chi connectivity index (χ2n) is 3.88. The van der Waals surface area contributed by atoms with Crippen LogP contribution in [0.3, 0.4) is 0 Å². The molecule has 1 aromatic rings. The van der Waals surface area contributed by atoms with Gasteiger partial charge in [-0.1, -0.05) is 25.1 Å². The first-order valence-electron chi connectivity index (χ1n) is 5.21. The lowest BCUT2D eigenvalue weighted by atomic mass is 10.1. The molecule has 5 heteroatoms. The molecule has 0 fully saturated rings. The highest BCUT2D eigenvalue weighted by molar-refractivity contribution is 5.95. The van der Waals surface area contributed by atoms with Crippen LogP contribution in [0.2, 0.25) is 0 Å². The number of pyridine rings is 1. The molecule has 0 aliphatic heterocycles. The SMILES string of the molecule is CC(C)CCOc1cccc(C(N)=NO)n1. The lowest BCUT2D eigenvalue weighted by Crippen LogP contribution is -2.15. The topological polar surface area (TPSA) is 80.7 Å². The Morgan fingerprint density at radius 1 is 1.56 bits per heavy atom. The monoisotopic (exact) mass is 223 g/mol. The molecule has 0 amide bonds. The van der Waals surface area contributed by atoms with E-state index in [4.69, 9.17) is 15.7 Å². The molecular weight excluding hydrogens is 206 g/mol. The van der Waals surface area contributed by atoms with Crippen LogP contribution in [0.15, 0.2) is 23.4 Å². The number of amidine groups is 1. The quantitative estimate of drug-likeness (QED) is 0.344. The minimum atomic E-state index is -0.0192. The fraction of sp³-hybridized carbons (Fsp3) is 0.455. The molecule has 0 aromatic carbocycles. The highest BCUT2D eigenvalue weighted by atomic mass is 16.5. The van der Waals surface area contributed by atoms with Crippen LogP contribution in [0, 0.1) is 5.92 Å².